The lowest BCUT2D eigenvalue weighted by molar-refractivity contribution is -0.161. The molecule has 1 unspecified atom stereocenters. The molecule has 0 saturated heterocycles. The van der Waals surface area contributed by atoms with E-state index in [1.54, 1.807) is 0 Å². The predicted octanol–water partition coefficient (Wildman–Crippen LogP) is 20.5. The fourth-order valence-corrected chi connectivity index (χ4v) is 7.57. The van der Waals surface area contributed by atoms with Gasteiger partial charge in [-0.3, -0.25) is 9.59 Å². The molecule has 0 aromatic heterocycles. The van der Waals surface area contributed by atoms with Crippen molar-refractivity contribution >= 4 is 11.9 Å². The first kappa shape index (κ1) is 69.3. The van der Waals surface area contributed by atoms with Gasteiger partial charge in [-0.25, -0.2) is 0 Å². The van der Waals surface area contributed by atoms with Crippen molar-refractivity contribution in [3.8, 4) is 0 Å². The average molecular weight is 1020 g/mol. The van der Waals surface area contributed by atoms with Crippen LogP contribution in [0.4, 0.5) is 0 Å². The number of allylic oxidation sites excluding steroid dienone is 28. The average Bonchev–Trinajstić information content (AvgIpc) is 3.40. The van der Waals surface area contributed by atoms with E-state index >= 15 is 0 Å². The van der Waals surface area contributed by atoms with Gasteiger partial charge in [-0.15, -0.1) is 0 Å². The van der Waals surface area contributed by atoms with Crippen LogP contribution in [0.1, 0.15) is 232 Å². The van der Waals surface area contributed by atoms with E-state index in [-0.39, 0.29) is 25.2 Å². The highest BCUT2D eigenvalue weighted by molar-refractivity contribution is 5.70. The Bertz CT molecular complexity index is 1670. The van der Waals surface area contributed by atoms with Gasteiger partial charge in [0.05, 0.1) is 6.61 Å². The summed E-state index contributed by atoms with van der Waals surface area (Å²) in [6.07, 6.45) is 97.5. The number of aliphatic hydroxyl groups excluding tert-OH is 1. The summed E-state index contributed by atoms with van der Waals surface area (Å²) in [5, 5.41) is 9.65. The SMILES string of the molecule is CC/C=C\C/C=C\C/C=C\C/C=C\C/C=C\C/C=C\C/C=C\C/C=C\C/C=C\C/C=C\C/C=C\CCCCCCCCCC(=O)OC(CO)COC(=O)CCCCCCCC/C=C\C/C=C\C/C=C\CCCCC. The summed E-state index contributed by atoms with van der Waals surface area (Å²) in [5.74, 6) is -0.629. The second kappa shape index (κ2) is 62.6. The molecule has 0 radical (unpaired) electrons. The summed E-state index contributed by atoms with van der Waals surface area (Å²) in [4.78, 5) is 24.5. The van der Waals surface area contributed by atoms with Gasteiger partial charge < -0.3 is 14.6 Å². The number of hydrogen-bond donors (Lipinski definition) is 1. The number of ether oxygens (including phenoxy) is 2. The van der Waals surface area contributed by atoms with Gasteiger partial charge in [0, 0.05) is 12.8 Å². The minimum absolute atomic E-state index is 0.0874. The first-order chi connectivity index (χ1) is 36.6. The smallest absolute Gasteiger partial charge is 0.306 e. The lowest BCUT2D eigenvalue weighted by Crippen LogP contribution is -2.28. The predicted molar refractivity (Wildman–Crippen MR) is 324 cm³/mol. The third-order valence-electron chi connectivity index (χ3n) is 12.0. The van der Waals surface area contributed by atoms with Crippen LogP contribution >= 0.6 is 0 Å². The molecule has 0 rings (SSSR count). The molecule has 1 atom stereocenters. The topological polar surface area (TPSA) is 72.8 Å². The molecule has 5 heteroatoms. The molecule has 414 valence electrons. The highest BCUT2D eigenvalue weighted by Gasteiger charge is 2.16. The molecule has 0 saturated carbocycles. The first-order valence-electron chi connectivity index (χ1n) is 29.7. The van der Waals surface area contributed by atoms with E-state index in [2.05, 4.69) is 184 Å². The molecule has 0 aliphatic heterocycles. The summed E-state index contributed by atoms with van der Waals surface area (Å²) >= 11 is 0. The zero-order chi connectivity index (χ0) is 53.4. The summed E-state index contributed by atoms with van der Waals surface area (Å²) in [5.41, 5.74) is 0. The normalized spacial score (nSPS) is 13.5. The van der Waals surface area contributed by atoms with Crippen LogP contribution in [-0.2, 0) is 19.1 Å². The minimum atomic E-state index is -0.797. The van der Waals surface area contributed by atoms with Gasteiger partial charge in [-0.1, -0.05) is 255 Å². The Kier molecular flexibility index (Phi) is 58.5. The molecule has 0 bridgehead atoms. The number of hydrogen-bond acceptors (Lipinski definition) is 5. The Morgan fingerprint density at radius 2 is 0.581 bits per heavy atom. The molecule has 74 heavy (non-hydrogen) atoms. The molecule has 0 heterocycles. The lowest BCUT2D eigenvalue weighted by atomic mass is 10.1. The summed E-state index contributed by atoms with van der Waals surface area (Å²) in [7, 11) is 0. The number of esters is 2. The Hall–Kier alpha value is -4.74. The molecule has 0 aromatic rings. The van der Waals surface area contributed by atoms with Crippen molar-refractivity contribution in [1.82, 2.24) is 0 Å². The number of carbonyl (C=O) groups is 2. The Morgan fingerprint density at radius 1 is 0.324 bits per heavy atom. The fraction of sp³-hybridized carbons (Fsp3) is 0.565. The van der Waals surface area contributed by atoms with Crippen LogP contribution in [0.15, 0.2) is 170 Å². The van der Waals surface area contributed by atoms with Gasteiger partial charge in [0.25, 0.3) is 0 Å². The van der Waals surface area contributed by atoms with Gasteiger partial charge in [0.1, 0.15) is 6.61 Å². The summed E-state index contributed by atoms with van der Waals surface area (Å²) < 4.78 is 10.7. The maximum absolute atomic E-state index is 12.3. The van der Waals surface area contributed by atoms with Crippen LogP contribution in [0.25, 0.3) is 0 Å². The van der Waals surface area contributed by atoms with Crippen LogP contribution in [-0.4, -0.2) is 36.4 Å². The van der Waals surface area contributed by atoms with Crippen molar-refractivity contribution in [2.75, 3.05) is 13.2 Å². The van der Waals surface area contributed by atoms with Crippen LogP contribution in [0.5, 0.6) is 0 Å². The van der Waals surface area contributed by atoms with E-state index in [9.17, 15) is 14.7 Å². The van der Waals surface area contributed by atoms with Crippen molar-refractivity contribution in [2.45, 2.75) is 238 Å². The third kappa shape index (κ3) is 59.8. The molecule has 0 amide bonds. The molecular weight excluding hydrogens is 909 g/mol. The summed E-state index contributed by atoms with van der Waals surface area (Å²) in [6, 6.07) is 0. The largest absolute Gasteiger partial charge is 0.462 e. The Balaban J connectivity index is 3.65. The quantitative estimate of drug-likeness (QED) is 0.0373. The zero-order valence-corrected chi connectivity index (χ0v) is 47.3. The molecule has 0 aromatic carbocycles. The lowest BCUT2D eigenvalue weighted by Gasteiger charge is -2.15. The molecule has 0 fully saturated rings. The Morgan fingerprint density at radius 3 is 0.878 bits per heavy atom. The third-order valence-corrected chi connectivity index (χ3v) is 12.0. The van der Waals surface area contributed by atoms with E-state index in [1.165, 1.54) is 70.6 Å². The highest BCUT2D eigenvalue weighted by atomic mass is 16.6. The van der Waals surface area contributed by atoms with Crippen LogP contribution in [0.3, 0.4) is 0 Å². The maximum Gasteiger partial charge on any atom is 0.306 e. The minimum Gasteiger partial charge on any atom is -0.462 e. The van der Waals surface area contributed by atoms with Crippen molar-refractivity contribution in [2.24, 2.45) is 0 Å². The van der Waals surface area contributed by atoms with Crippen molar-refractivity contribution in [1.29, 1.82) is 0 Å². The van der Waals surface area contributed by atoms with E-state index in [0.717, 1.165) is 135 Å². The maximum atomic E-state index is 12.3. The monoisotopic (exact) mass is 1020 g/mol. The van der Waals surface area contributed by atoms with Gasteiger partial charge in [-0.2, -0.15) is 0 Å². The van der Waals surface area contributed by atoms with E-state index in [1.807, 2.05) is 0 Å². The molecule has 5 nitrogen and oxygen atoms in total. The zero-order valence-electron chi connectivity index (χ0n) is 47.3. The summed E-state index contributed by atoms with van der Waals surface area (Å²) in [6.45, 7) is 3.97. The second-order valence-electron chi connectivity index (χ2n) is 19.0. The Labute approximate surface area is 455 Å². The first-order valence-corrected chi connectivity index (χ1v) is 29.7. The number of rotatable bonds is 52. The second-order valence-corrected chi connectivity index (χ2v) is 19.0. The molecule has 1 N–H and O–H groups in total. The number of aliphatic hydroxyl groups is 1. The highest BCUT2D eigenvalue weighted by Crippen LogP contribution is 2.13. The van der Waals surface area contributed by atoms with Crippen molar-refractivity contribution in [3.05, 3.63) is 170 Å². The van der Waals surface area contributed by atoms with Gasteiger partial charge in [0.15, 0.2) is 6.10 Å². The molecular formula is C69H108O5. The van der Waals surface area contributed by atoms with Crippen LogP contribution in [0.2, 0.25) is 0 Å². The van der Waals surface area contributed by atoms with E-state index in [0.29, 0.717) is 12.8 Å². The number of unbranched alkanes of at least 4 members (excludes halogenated alkanes) is 16. The van der Waals surface area contributed by atoms with Crippen LogP contribution < -0.4 is 0 Å². The van der Waals surface area contributed by atoms with E-state index in [4.69, 9.17) is 9.47 Å². The van der Waals surface area contributed by atoms with Crippen LogP contribution in [0, 0.1) is 0 Å². The standard InChI is InChI=1S/C69H108O5/c1-3-5-7-9-11-13-15-17-19-21-23-24-25-26-27-28-29-30-31-32-33-34-35-36-37-38-39-40-41-42-43-44-46-48-50-52-54-56-58-60-62-64-69(72)74-67(65-70)66-73-68(71)63-61-59-57-55-53-51-49-47-45-22-20-18-16-14-12-10-8-6-4-2/h5,7,11-14,17-20,23-24,26-27,29-30,32-33,35-36,38-39,41-42,44-47,67,70H,3-4,6,8-10,15-16,21-22,25,28,31,34,37,40,43,48-66H2,1-2H3/b7-5-,13-11-,14-12-,19-17-,20-18-,24-23-,27-26-,30-29-,33-32-,36-35-,39-38-,42-41-,46-44-,47-45-. The molecule has 0 aliphatic carbocycles. The fourth-order valence-electron chi connectivity index (χ4n) is 7.57. The van der Waals surface area contributed by atoms with E-state index < -0.39 is 6.10 Å². The van der Waals surface area contributed by atoms with Gasteiger partial charge in [0.2, 0.25) is 0 Å². The number of carbonyl (C=O) groups excluding carboxylic acids is 2. The van der Waals surface area contributed by atoms with Crippen molar-refractivity contribution < 1.29 is 24.2 Å². The van der Waals surface area contributed by atoms with Gasteiger partial charge >= 0.3 is 11.9 Å². The van der Waals surface area contributed by atoms with Crippen molar-refractivity contribution in [3.63, 3.8) is 0 Å². The van der Waals surface area contributed by atoms with Gasteiger partial charge in [-0.05, 0) is 135 Å². The molecule has 0 aliphatic rings. The molecule has 0 spiro atoms.